The zero-order valence-corrected chi connectivity index (χ0v) is 14.8. The van der Waals surface area contributed by atoms with Crippen LogP contribution in [0.25, 0.3) is 20.2 Å². The van der Waals surface area contributed by atoms with Crippen molar-refractivity contribution in [1.82, 2.24) is 0 Å². The minimum Gasteiger partial charge on any atom is -0.197 e. The van der Waals surface area contributed by atoms with E-state index in [0.29, 0.717) is 0 Å². The number of thiophene rings is 2. The molecule has 0 N–H and O–H groups in total. The van der Waals surface area contributed by atoms with Crippen LogP contribution in [0.5, 0.6) is 0 Å². The summed E-state index contributed by atoms with van der Waals surface area (Å²) in [5.74, 6) is 0. The molecule has 24 heavy (non-hydrogen) atoms. The Morgan fingerprint density at radius 1 is 0.708 bits per heavy atom. The molecule has 4 rings (SSSR count). The van der Waals surface area contributed by atoms with Gasteiger partial charge in [-0.05, 0) is 70.1 Å². The van der Waals surface area contributed by atoms with E-state index in [-0.39, 0.29) is 0 Å². The van der Waals surface area contributed by atoms with Crippen molar-refractivity contribution in [2.45, 2.75) is 0 Å². The van der Waals surface area contributed by atoms with E-state index in [2.05, 4.69) is 24.7 Å². The summed E-state index contributed by atoms with van der Waals surface area (Å²) in [5.41, 5.74) is 1.46. The molecule has 0 unspecified atom stereocenters. The number of nitrogens with zero attached hydrogens (tertiary/aromatic N) is 2. The van der Waals surface area contributed by atoms with Gasteiger partial charge in [-0.15, -0.1) is 22.7 Å². The van der Waals surface area contributed by atoms with E-state index in [4.69, 9.17) is 14.7 Å². The standard InChI is InChI=1S/2C9H5NS.OS/c2*10-6-7-1-2-9-8(5-7)3-4-11-9;1-2/h2*1-5H;. The highest BCUT2D eigenvalue weighted by Gasteiger charge is 1.95. The van der Waals surface area contributed by atoms with Gasteiger partial charge in [0.1, 0.15) is 0 Å². The second-order valence-corrected chi connectivity index (χ2v) is 6.47. The summed E-state index contributed by atoms with van der Waals surface area (Å²) in [4.78, 5) is 0. The van der Waals surface area contributed by atoms with Crippen LogP contribution in [0.3, 0.4) is 0 Å². The maximum atomic E-state index is 8.59. The van der Waals surface area contributed by atoms with Crippen molar-refractivity contribution in [3.05, 3.63) is 70.4 Å². The zero-order valence-electron chi connectivity index (χ0n) is 12.3. The van der Waals surface area contributed by atoms with Crippen LogP contribution in [-0.2, 0) is 12.5 Å². The molecule has 2 aromatic heterocycles. The number of benzene rings is 2. The third kappa shape index (κ3) is 4.21. The summed E-state index contributed by atoms with van der Waals surface area (Å²) in [7, 11) is 0. The molecule has 116 valence electrons. The minimum atomic E-state index is 0.732. The normalized spacial score (nSPS) is 9.08. The summed E-state index contributed by atoms with van der Waals surface area (Å²) >= 11 is 6.23. The average molecular weight is 366 g/mol. The van der Waals surface area contributed by atoms with Crippen LogP contribution in [0.2, 0.25) is 0 Å². The predicted octanol–water partition coefficient (Wildman–Crippen LogP) is 5.21. The van der Waals surface area contributed by atoms with Crippen LogP contribution in [0, 0.1) is 22.7 Å². The van der Waals surface area contributed by atoms with Crippen molar-refractivity contribution in [3.63, 3.8) is 0 Å². The molecule has 4 aromatic rings. The molecule has 0 spiro atoms. The molecule has 0 fully saturated rings. The van der Waals surface area contributed by atoms with Gasteiger partial charge in [0, 0.05) is 9.40 Å². The molecular formula is C18H10N2OS3. The van der Waals surface area contributed by atoms with Crippen LogP contribution >= 0.6 is 22.7 Å². The predicted molar refractivity (Wildman–Crippen MR) is 101 cm³/mol. The molecule has 0 aliphatic heterocycles. The summed E-state index contributed by atoms with van der Waals surface area (Å²) < 4.78 is 10.3. The van der Waals surface area contributed by atoms with Gasteiger partial charge in [-0.3, -0.25) is 0 Å². The topological polar surface area (TPSA) is 64.7 Å². The highest BCUT2D eigenvalue weighted by Crippen LogP contribution is 2.21. The lowest BCUT2D eigenvalue weighted by molar-refractivity contribution is 0.702. The van der Waals surface area contributed by atoms with Crippen molar-refractivity contribution in [2.24, 2.45) is 0 Å². The van der Waals surface area contributed by atoms with E-state index in [0.717, 1.165) is 21.9 Å². The van der Waals surface area contributed by atoms with Gasteiger partial charge in [0.05, 0.1) is 23.3 Å². The van der Waals surface area contributed by atoms with E-state index >= 15 is 0 Å². The fraction of sp³-hybridized carbons (Fsp3) is 0. The van der Waals surface area contributed by atoms with Gasteiger partial charge >= 0.3 is 0 Å². The lowest BCUT2D eigenvalue weighted by Gasteiger charge is -1.87. The molecule has 0 amide bonds. The van der Waals surface area contributed by atoms with Crippen molar-refractivity contribution in [2.75, 3.05) is 0 Å². The molecule has 0 bridgehead atoms. The maximum absolute atomic E-state index is 8.59. The molecule has 0 saturated heterocycles. The molecule has 0 aliphatic rings. The Hall–Kier alpha value is -2.64. The summed E-state index contributed by atoms with van der Waals surface area (Å²) in [5, 5.41) is 23.6. The maximum Gasteiger partial charge on any atom is 0.197 e. The summed E-state index contributed by atoms with van der Waals surface area (Å²) in [6.07, 6.45) is 0. The second kappa shape index (κ2) is 8.85. The fourth-order valence-corrected chi connectivity index (χ4v) is 3.61. The first-order chi connectivity index (χ1) is 11.8. The first-order valence-electron chi connectivity index (χ1n) is 6.71. The van der Waals surface area contributed by atoms with Crippen LogP contribution in [0.1, 0.15) is 11.1 Å². The lowest BCUT2D eigenvalue weighted by atomic mass is 10.2. The molecule has 0 atom stereocenters. The monoisotopic (exact) mass is 366 g/mol. The molecule has 6 heteroatoms. The summed E-state index contributed by atoms with van der Waals surface area (Å²) in [6, 6.07) is 19.8. The zero-order chi connectivity index (χ0) is 17.4. The molecule has 2 aromatic carbocycles. The number of hydrogen-bond donors (Lipinski definition) is 0. The summed E-state index contributed by atoms with van der Waals surface area (Å²) in [6.45, 7) is 0. The first kappa shape index (κ1) is 17.7. The Bertz CT molecular complexity index is 953. The van der Waals surface area contributed by atoms with Gasteiger partial charge in [-0.25, -0.2) is 0 Å². The Balaban J connectivity index is 0.000000158. The molecule has 3 nitrogen and oxygen atoms in total. The molecule has 0 saturated carbocycles. The van der Waals surface area contributed by atoms with Gasteiger partial charge < -0.3 is 0 Å². The van der Waals surface area contributed by atoms with E-state index in [9.17, 15) is 0 Å². The first-order valence-corrected chi connectivity index (χ1v) is 8.81. The lowest BCUT2D eigenvalue weighted by Crippen LogP contribution is -1.69. The van der Waals surface area contributed by atoms with Crippen molar-refractivity contribution >= 4 is 55.4 Å². The molecule has 0 radical (unpaired) electrons. The van der Waals surface area contributed by atoms with Crippen molar-refractivity contribution in [3.8, 4) is 12.1 Å². The van der Waals surface area contributed by atoms with E-state index in [1.54, 1.807) is 22.7 Å². The van der Waals surface area contributed by atoms with E-state index in [1.165, 1.54) is 9.40 Å². The fourth-order valence-electron chi connectivity index (χ4n) is 2.07. The Morgan fingerprint density at radius 2 is 1.12 bits per heavy atom. The van der Waals surface area contributed by atoms with Gasteiger partial charge in [-0.2, -0.15) is 14.7 Å². The highest BCUT2D eigenvalue weighted by molar-refractivity contribution is 7.44. The molecule has 2 heterocycles. The largest absolute Gasteiger partial charge is 0.197 e. The average Bonchev–Trinajstić information content (AvgIpc) is 3.31. The Morgan fingerprint density at radius 3 is 1.50 bits per heavy atom. The Labute approximate surface area is 152 Å². The number of hydrogen-bond acceptors (Lipinski definition) is 6. The van der Waals surface area contributed by atoms with Crippen molar-refractivity contribution in [1.29, 1.82) is 10.5 Å². The third-order valence-corrected chi connectivity index (χ3v) is 4.96. The minimum absolute atomic E-state index is 0.732. The third-order valence-electron chi connectivity index (χ3n) is 3.16. The van der Waals surface area contributed by atoms with Crippen LogP contribution < -0.4 is 0 Å². The van der Waals surface area contributed by atoms with Crippen LogP contribution in [0.4, 0.5) is 0 Å². The SMILES string of the molecule is N#Cc1ccc2sccc2c1.N#Cc1ccc2sccc2c1.O=S. The number of fused-ring (bicyclic) bond motifs is 2. The van der Waals surface area contributed by atoms with Crippen LogP contribution in [0.15, 0.2) is 59.3 Å². The van der Waals surface area contributed by atoms with Crippen molar-refractivity contribution < 1.29 is 4.21 Å². The quantitative estimate of drug-likeness (QED) is 0.428. The van der Waals surface area contributed by atoms with Gasteiger partial charge in [0.2, 0.25) is 0 Å². The molecular weight excluding hydrogens is 356 g/mol. The number of nitriles is 2. The van der Waals surface area contributed by atoms with Crippen LogP contribution in [-0.4, -0.2) is 4.21 Å². The van der Waals surface area contributed by atoms with Gasteiger partial charge in [0.25, 0.3) is 0 Å². The Kier molecular flexibility index (Phi) is 6.53. The van der Waals surface area contributed by atoms with E-state index < -0.39 is 0 Å². The second-order valence-electron chi connectivity index (χ2n) is 4.57. The van der Waals surface area contributed by atoms with Gasteiger partial charge in [-0.1, -0.05) is 0 Å². The molecule has 0 aliphatic carbocycles. The smallest absolute Gasteiger partial charge is 0.197 e. The number of rotatable bonds is 0. The van der Waals surface area contributed by atoms with Gasteiger partial charge in [0.15, 0.2) is 12.5 Å². The highest BCUT2D eigenvalue weighted by atomic mass is 32.1. The van der Waals surface area contributed by atoms with E-state index in [1.807, 2.05) is 59.3 Å².